The molecule has 90 valence electrons. The second-order valence-electron chi connectivity index (χ2n) is 4.50. The molecule has 0 atom stereocenters. The fourth-order valence-corrected chi connectivity index (χ4v) is 3.32. The van der Waals surface area contributed by atoms with Crippen LogP contribution in [0.25, 0.3) is 32.2 Å². The normalized spacial score (nSPS) is 11.2. The second-order valence-corrected chi connectivity index (χ2v) is 5.45. The molecule has 2 aromatic carbocycles. The molecule has 0 aliphatic rings. The molecule has 4 aromatic rings. The minimum Gasteiger partial charge on any atom is -0.248 e. The SMILES string of the molecule is c1csc(-c2c3ccccc3nc3ccccc23)c1. The predicted octanol–water partition coefficient (Wildman–Crippen LogP) is 5.12. The van der Waals surface area contributed by atoms with Gasteiger partial charge in [0.1, 0.15) is 0 Å². The summed E-state index contributed by atoms with van der Waals surface area (Å²) < 4.78 is 0. The molecule has 19 heavy (non-hydrogen) atoms. The smallest absolute Gasteiger partial charge is 0.0716 e. The minimum atomic E-state index is 1.06. The van der Waals surface area contributed by atoms with E-state index in [0.29, 0.717) is 0 Å². The summed E-state index contributed by atoms with van der Waals surface area (Å²) in [4.78, 5) is 6.05. The van der Waals surface area contributed by atoms with Crippen molar-refractivity contribution < 1.29 is 0 Å². The molecule has 0 N–H and O–H groups in total. The lowest BCUT2D eigenvalue weighted by molar-refractivity contribution is 1.50. The quantitative estimate of drug-likeness (QED) is 0.433. The summed E-state index contributed by atoms with van der Waals surface area (Å²) in [5, 5.41) is 4.58. The van der Waals surface area contributed by atoms with Gasteiger partial charge in [0.25, 0.3) is 0 Å². The maximum Gasteiger partial charge on any atom is 0.0716 e. The Morgan fingerprint density at radius 1 is 0.684 bits per heavy atom. The Bertz CT molecular complexity index is 809. The zero-order valence-electron chi connectivity index (χ0n) is 10.2. The molecule has 4 rings (SSSR count). The number of benzene rings is 2. The monoisotopic (exact) mass is 261 g/mol. The molecule has 0 unspecified atom stereocenters. The van der Waals surface area contributed by atoms with Crippen LogP contribution in [0.2, 0.25) is 0 Å². The number of nitrogens with zero attached hydrogens (tertiary/aromatic N) is 1. The first kappa shape index (κ1) is 10.7. The largest absolute Gasteiger partial charge is 0.248 e. The van der Waals surface area contributed by atoms with Gasteiger partial charge in [-0.2, -0.15) is 0 Å². The van der Waals surface area contributed by atoms with E-state index in [2.05, 4.69) is 53.9 Å². The van der Waals surface area contributed by atoms with E-state index in [4.69, 9.17) is 4.98 Å². The van der Waals surface area contributed by atoms with Crippen molar-refractivity contribution in [3.63, 3.8) is 0 Å². The van der Waals surface area contributed by atoms with Crippen LogP contribution in [0.4, 0.5) is 0 Å². The van der Waals surface area contributed by atoms with Crippen molar-refractivity contribution in [3.8, 4) is 10.4 Å². The Kier molecular flexibility index (Phi) is 2.35. The van der Waals surface area contributed by atoms with Crippen LogP contribution < -0.4 is 0 Å². The Morgan fingerprint density at radius 3 is 1.89 bits per heavy atom. The van der Waals surface area contributed by atoms with Crippen LogP contribution in [0.5, 0.6) is 0 Å². The third-order valence-electron chi connectivity index (χ3n) is 3.36. The summed E-state index contributed by atoms with van der Waals surface area (Å²) in [6.45, 7) is 0. The van der Waals surface area contributed by atoms with E-state index in [9.17, 15) is 0 Å². The van der Waals surface area contributed by atoms with Crippen molar-refractivity contribution in [2.24, 2.45) is 0 Å². The number of hydrogen-bond donors (Lipinski definition) is 0. The van der Waals surface area contributed by atoms with E-state index in [0.717, 1.165) is 11.0 Å². The van der Waals surface area contributed by atoms with Crippen LogP contribution in [0.3, 0.4) is 0 Å². The molecule has 0 amide bonds. The van der Waals surface area contributed by atoms with Gasteiger partial charge in [0.15, 0.2) is 0 Å². The lowest BCUT2D eigenvalue weighted by atomic mass is 10.0. The molecule has 0 saturated heterocycles. The van der Waals surface area contributed by atoms with Crippen molar-refractivity contribution in [2.75, 3.05) is 0 Å². The predicted molar refractivity (Wildman–Crippen MR) is 82.6 cm³/mol. The van der Waals surface area contributed by atoms with Gasteiger partial charge in [-0.3, -0.25) is 0 Å². The molecular weight excluding hydrogens is 250 g/mol. The van der Waals surface area contributed by atoms with Gasteiger partial charge in [-0.15, -0.1) is 11.3 Å². The Balaban J connectivity index is 2.27. The highest BCUT2D eigenvalue weighted by molar-refractivity contribution is 7.13. The Hall–Kier alpha value is -2.19. The lowest BCUT2D eigenvalue weighted by Crippen LogP contribution is -1.86. The second kappa shape index (κ2) is 4.18. The number of para-hydroxylation sites is 2. The molecule has 2 heterocycles. The van der Waals surface area contributed by atoms with Crippen LogP contribution in [0, 0.1) is 0 Å². The molecule has 0 bridgehead atoms. The standard InChI is InChI=1S/C17H11NS/c1-3-8-14-12(6-1)17(16-10-5-11-19-16)13-7-2-4-9-15(13)18-14/h1-11H. The molecule has 2 heteroatoms. The molecule has 0 fully saturated rings. The average Bonchev–Trinajstić information content (AvgIpc) is 2.98. The molecule has 1 nitrogen and oxygen atoms in total. The number of aromatic nitrogens is 1. The zero-order chi connectivity index (χ0) is 12.7. The molecule has 0 aliphatic heterocycles. The van der Waals surface area contributed by atoms with Crippen molar-refractivity contribution in [2.45, 2.75) is 0 Å². The minimum absolute atomic E-state index is 1.06. The summed E-state index contributed by atoms with van der Waals surface area (Å²) in [5.41, 5.74) is 3.42. The molecule has 2 aromatic heterocycles. The summed E-state index contributed by atoms with van der Waals surface area (Å²) in [5.74, 6) is 0. The molecule has 0 saturated carbocycles. The number of hydrogen-bond acceptors (Lipinski definition) is 2. The lowest BCUT2D eigenvalue weighted by Gasteiger charge is -2.09. The highest BCUT2D eigenvalue weighted by atomic mass is 32.1. The van der Waals surface area contributed by atoms with Gasteiger partial charge in [-0.25, -0.2) is 4.98 Å². The highest BCUT2D eigenvalue weighted by Gasteiger charge is 2.10. The van der Waals surface area contributed by atoms with Crippen LogP contribution in [0.15, 0.2) is 66.0 Å². The van der Waals surface area contributed by atoms with Gasteiger partial charge in [-0.1, -0.05) is 42.5 Å². The van der Waals surface area contributed by atoms with Gasteiger partial charge in [0.2, 0.25) is 0 Å². The van der Waals surface area contributed by atoms with E-state index < -0.39 is 0 Å². The van der Waals surface area contributed by atoms with Crippen molar-refractivity contribution in [1.82, 2.24) is 4.98 Å². The number of pyridine rings is 1. The van der Waals surface area contributed by atoms with E-state index in [1.807, 2.05) is 12.1 Å². The maximum absolute atomic E-state index is 4.75. The van der Waals surface area contributed by atoms with Crippen molar-refractivity contribution in [3.05, 3.63) is 66.0 Å². The molecule has 0 aliphatic carbocycles. The van der Waals surface area contributed by atoms with Gasteiger partial charge in [0.05, 0.1) is 11.0 Å². The van der Waals surface area contributed by atoms with Crippen LogP contribution in [0.1, 0.15) is 0 Å². The van der Waals surface area contributed by atoms with Gasteiger partial charge in [-0.05, 0) is 23.6 Å². The summed E-state index contributed by atoms with van der Waals surface area (Å²) in [6, 6.07) is 21.0. The molecule has 0 spiro atoms. The Labute approximate surface area is 115 Å². The van der Waals surface area contributed by atoms with E-state index in [-0.39, 0.29) is 0 Å². The van der Waals surface area contributed by atoms with E-state index in [1.165, 1.54) is 21.2 Å². The zero-order valence-corrected chi connectivity index (χ0v) is 11.0. The third kappa shape index (κ3) is 1.65. The molecular formula is C17H11NS. The summed E-state index contributed by atoms with van der Waals surface area (Å²) >= 11 is 1.78. The number of fused-ring (bicyclic) bond motifs is 2. The first-order chi connectivity index (χ1) is 9.43. The fraction of sp³-hybridized carbons (Fsp3) is 0. The Morgan fingerprint density at radius 2 is 1.32 bits per heavy atom. The van der Waals surface area contributed by atoms with Gasteiger partial charge >= 0.3 is 0 Å². The average molecular weight is 261 g/mol. The maximum atomic E-state index is 4.75. The first-order valence-electron chi connectivity index (χ1n) is 6.25. The summed E-state index contributed by atoms with van der Waals surface area (Å²) in [6.07, 6.45) is 0. The van der Waals surface area contributed by atoms with Gasteiger partial charge < -0.3 is 0 Å². The topological polar surface area (TPSA) is 12.9 Å². The van der Waals surface area contributed by atoms with Crippen molar-refractivity contribution in [1.29, 1.82) is 0 Å². The first-order valence-corrected chi connectivity index (χ1v) is 7.13. The molecule has 0 radical (unpaired) electrons. The van der Waals surface area contributed by atoms with Crippen LogP contribution in [-0.2, 0) is 0 Å². The van der Waals surface area contributed by atoms with E-state index in [1.54, 1.807) is 11.3 Å². The summed E-state index contributed by atoms with van der Waals surface area (Å²) in [7, 11) is 0. The highest BCUT2D eigenvalue weighted by Crippen LogP contribution is 2.36. The fourth-order valence-electron chi connectivity index (χ4n) is 2.53. The van der Waals surface area contributed by atoms with Crippen LogP contribution >= 0.6 is 11.3 Å². The van der Waals surface area contributed by atoms with Crippen LogP contribution in [-0.4, -0.2) is 4.98 Å². The van der Waals surface area contributed by atoms with E-state index >= 15 is 0 Å². The number of rotatable bonds is 1. The third-order valence-corrected chi connectivity index (χ3v) is 4.24. The van der Waals surface area contributed by atoms with Gasteiger partial charge in [0, 0.05) is 21.2 Å². The van der Waals surface area contributed by atoms with Crippen molar-refractivity contribution >= 4 is 33.1 Å². The number of thiophene rings is 1.